The molecule has 112 valence electrons. The van der Waals surface area contributed by atoms with Crippen LogP contribution in [0.2, 0.25) is 0 Å². The highest BCUT2D eigenvalue weighted by Crippen LogP contribution is 2.31. The van der Waals surface area contributed by atoms with Gasteiger partial charge in [0, 0.05) is 16.1 Å². The molecule has 0 fully saturated rings. The maximum Gasteiger partial charge on any atom is 0.124 e. The molecule has 0 aliphatic heterocycles. The zero-order valence-corrected chi connectivity index (χ0v) is 14.0. The zero-order chi connectivity index (χ0) is 15.4. The Kier molecular flexibility index (Phi) is 5.37. The molecule has 4 heteroatoms. The van der Waals surface area contributed by atoms with Gasteiger partial charge in [-0.3, -0.25) is 0 Å². The third-order valence-corrected chi connectivity index (χ3v) is 4.14. The summed E-state index contributed by atoms with van der Waals surface area (Å²) in [5.74, 6) is 0.641. The molecule has 1 N–H and O–H groups in total. The number of halogens is 2. The lowest BCUT2D eigenvalue weighted by Crippen LogP contribution is -2.20. The summed E-state index contributed by atoms with van der Waals surface area (Å²) >= 11 is 3.45. The van der Waals surface area contributed by atoms with Crippen molar-refractivity contribution < 1.29 is 9.13 Å². The first-order chi connectivity index (χ1) is 10.0. The van der Waals surface area contributed by atoms with Gasteiger partial charge in [0.05, 0.1) is 7.11 Å². The molecule has 0 bridgehead atoms. The number of rotatable bonds is 5. The van der Waals surface area contributed by atoms with E-state index >= 15 is 0 Å². The first-order valence-corrected chi connectivity index (χ1v) is 7.60. The van der Waals surface area contributed by atoms with Gasteiger partial charge in [-0.05, 0) is 55.8 Å². The predicted molar refractivity (Wildman–Crippen MR) is 87.3 cm³/mol. The van der Waals surface area contributed by atoms with Gasteiger partial charge in [0.15, 0.2) is 0 Å². The van der Waals surface area contributed by atoms with Gasteiger partial charge < -0.3 is 10.1 Å². The van der Waals surface area contributed by atoms with Crippen LogP contribution in [0.4, 0.5) is 4.39 Å². The number of benzene rings is 2. The number of hydrogen-bond donors (Lipinski definition) is 1. The predicted octanol–water partition coefficient (Wildman–Crippen LogP) is 4.41. The molecular formula is C17H19BrFNO. The molecule has 0 aliphatic rings. The summed E-state index contributed by atoms with van der Waals surface area (Å²) in [4.78, 5) is 0. The third kappa shape index (κ3) is 3.83. The fourth-order valence-electron chi connectivity index (χ4n) is 2.45. The maximum absolute atomic E-state index is 13.2. The average Bonchev–Trinajstić information content (AvgIpc) is 2.47. The highest BCUT2D eigenvalue weighted by molar-refractivity contribution is 9.10. The Morgan fingerprint density at radius 1 is 1.24 bits per heavy atom. The molecule has 1 unspecified atom stereocenters. The van der Waals surface area contributed by atoms with E-state index in [4.69, 9.17) is 4.74 Å². The molecule has 0 radical (unpaired) electrons. The number of nitrogens with one attached hydrogen (secondary N) is 1. The van der Waals surface area contributed by atoms with Crippen LogP contribution in [0.5, 0.6) is 5.75 Å². The molecule has 2 aromatic rings. The molecular weight excluding hydrogens is 333 g/mol. The van der Waals surface area contributed by atoms with E-state index in [0.29, 0.717) is 0 Å². The first-order valence-electron chi connectivity index (χ1n) is 6.81. The average molecular weight is 352 g/mol. The normalized spacial score (nSPS) is 12.2. The van der Waals surface area contributed by atoms with Gasteiger partial charge in [-0.2, -0.15) is 0 Å². The number of hydrogen-bond acceptors (Lipinski definition) is 2. The highest BCUT2D eigenvalue weighted by Gasteiger charge is 2.16. The second-order valence-corrected chi connectivity index (χ2v) is 5.92. The van der Waals surface area contributed by atoms with Crippen molar-refractivity contribution >= 4 is 15.9 Å². The van der Waals surface area contributed by atoms with Gasteiger partial charge in [-0.15, -0.1) is 0 Å². The molecule has 0 amide bonds. The molecule has 2 aromatic carbocycles. The Bertz CT molecular complexity index is 630. The number of methoxy groups -OCH3 is 1. The topological polar surface area (TPSA) is 21.3 Å². The Morgan fingerprint density at radius 3 is 2.62 bits per heavy atom. The van der Waals surface area contributed by atoms with Gasteiger partial charge >= 0.3 is 0 Å². The van der Waals surface area contributed by atoms with E-state index in [1.165, 1.54) is 6.07 Å². The summed E-state index contributed by atoms with van der Waals surface area (Å²) in [6.07, 6.45) is 0.778. The molecule has 0 saturated heterocycles. The van der Waals surface area contributed by atoms with Gasteiger partial charge in [0.1, 0.15) is 11.6 Å². The van der Waals surface area contributed by atoms with Crippen molar-refractivity contribution in [3.8, 4) is 5.75 Å². The Hall–Kier alpha value is -1.39. The molecule has 2 nitrogen and oxygen atoms in total. The van der Waals surface area contributed by atoms with E-state index < -0.39 is 0 Å². The van der Waals surface area contributed by atoms with Crippen LogP contribution in [-0.2, 0) is 6.42 Å². The summed E-state index contributed by atoms with van der Waals surface area (Å²) in [5.41, 5.74) is 3.18. The van der Waals surface area contributed by atoms with Crippen molar-refractivity contribution in [2.24, 2.45) is 0 Å². The van der Waals surface area contributed by atoms with Crippen LogP contribution in [0.25, 0.3) is 0 Å². The lowest BCUT2D eigenvalue weighted by molar-refractivity contribution is 0.401. The fraction of sp³-hybridized carbons (Fsp3) is 0.294. The largest absolute Gasteiger partial charge is 0.496 e. The van der Waals surface area contributed by atoms with Crippen LogP contribution < -0.4 is 10.1 Å². The van der Waals surface area contributed by atoms with Crippen LogP contribution in [0.15, 0.2) is 40.9 Å². The summed E-state index contributed by atoms with van der Waals surface area (Å²) in [7, 11) is 3.59. The van der Waals surface area contributed by atoms with Crippen LogP contribution in [0.1, 0.15) is 22.7 Å². The number of likely N-dealkylation sites (N-methyl/N-ethyl adjacent to an activating group) is 1. The quantitative estimate of drug-likeness (QED) is 0.861. The van der Waals surface area contributed by atoms with E-state index in [2.05, 4.69) is 21.2 Å². The monoisotopic (exact) mass is 351 g/mol. The molecule has 0 aromatic heterocycles. The van der Waals surface area contributed by atoms with Crippen molar-refractivity contribution in [1.82, 2.24) is 5.32 Å². The second-order valence-electron chi connectivity index (χ2n) is 5.00. The minimum atomic E-state index is -0.196. The van der Waals surface area contributed by atoms with E-state index in [1.54, 1.807) is 13.2 Å². The van der Waals surface area contributed by atoms with Crippen molar-refractivity contribution in [2.45, 2.75) is 19.4 Å². The fourth-order valence-corrected chi connectivity index (χ4v) is 2.79. The van der Waals surface area contributed by atoms with E-state index in [-0.39, 0.29) is 11.9 Å². The molecule has 0 saturated carbocycles. The zero-order valence-electron chi connectivity index (χ0n) is 12.4. The highest BCUT2D eigenvalue weighted by atomic mass is 79.9. The Labute approximate surface area is 133 Å². The van der Waals surface area contributed by atoms with Crippen molar-refractivity contribution in [1.29, 1.82) is 0 Å². The van der Waals surface area contributed by atoms with E-state index in [9.17, 15) is 4.39 Å². The molecule has 0 spiro atoms. The maximum atomic E-state index is 13.2. The first kappa shape index (κ1) is 16.0. The molecule has 2 rings (SSSR count). The molecule has 0 aliphatic carbocycles. The summed E-state index contributed by atoms with van der Waals surface area (Å²) < 4.78 is 19.7. The lowest BCUT2D eigenvalue weighted by Gasteiger charge is -2.20. The van der Waals surface area contributed by atoms with Gasteiger partial charge in [0.2, 0.25) is 0 Å². The summed E-state index contributed by atoms with van der Waals surface area (Å²) in [6, 6.07) is 11.0. The Balaban J connectivity index is 2.32. The van der Waals surface area contributed by atoms with Crippen molar-refractivity contribution in [3.63, 3.8) is 0 Å². The second kappa shape index (κ2) is 7.05. The molecule has 1 atom stereocenters. The smallest absolute Gasteiger partial charge is 0.124 e. The minimum absolute atomic E-state index is 0.109. The standard InChI is InChI=1S/C17H19BrFNO/c1-11-8-14(19)6-4-12(11)9-16(20-2)15-7-5-13(18)10-17(15)21-3/h4-8,10,16,20H,9H2,1-3H3. The van der Waals surface area contributed by atoms with Crippen LogP contribution in [0.3, 0.4) is 0 Å². The third-order valence-electron chi connectivity index (χ3n) is 3.65. The van der Waals surface area contributed by atoms with Gasteiger partial charge in [0.25, 0.3) is 0 Å². The van der Waals surface area contributed by atoms with Crippen molar-refractivity contribution in [2.75, 3.05) is 14.2 Å². The number of ether oxygens (including phenoxy) is 1. The van der Waals surface area contributed by atoms with Crippen LogP contribution >= 0.6 is 15.9 Å². The molecule has 0 heterocycles. The minimum Gasteiger partial charge on any atom is -0.496 e. The van der Waals surface area contributed by atoms with Crippen molar-refractivity contribution in [3.05, 3.63) is 63.4 Å². The van der Waals surface area contributed by atoms with Gasteiger partial charge in [-0.25, -0.2) is 4.39 Å². The van der Waals surface area contributed by atoms with Crippen LogP contribution in [0, 0.1) is 12.7 Å². The van der Waals surface area contributed by atoms with Crippen LogP contribution in [-0.4, -0.2) is 14.2 Å². The number of aryl methyl sites for hydroxylation is 1. The SMILES string of the molecule is CNC(Cc1ccc(F)cc1C)c1ccc(Br)cc1OC. The van der Waals surface area contributed by atoms with E-state index in [0.717, 1.165) is 33.3 Å². The van der Waals surface area contributed by atoms with Gasteiger partial charge in [-0.1, -0.05) is 28.1 Å². The summed E-state index contributed by atoms with van der Waals surface area (Å²) in [6.45, 7) is 1.93. The Morgan fingerprint density at radius 2 is 2.00 bits per heavy atom. The summed E-state index contributed by atoms with van der Waals surface area (Å²) in [5, 5.41) is 3.31. The molecule has 21 heavy (non-hydrogen) atoms. The lowest BCUT2D eigenvalue weighted by atomic mass is 9.95. The van der Waals surface area contributed by atoms with E-state index in [1.807, 2.05) is 38.2 Å².